The summed E-state index contributed by atoms with van der Waals surface area (Å²) in [6.07, 6.45) is 9.43. The van der Waals surface area contributed by atoms with E-state index in [-0.39, 0.29) is 5.88 Å². The van der Waals surface area contributed by atoms with Crippen LogP contribution in [0.25, 0.3) is 38.8 Å². The molecular formula is C21H16N4O. The number of fused-ring (bicyclic) bond motifs is 2. The predicted octanol–water partition coefficient (Wildman–Crippen LogP) is 4.26. The van der Waals surface area contributed by atoms with Crippen LogP contribution >= 0.6 is 0 Å². The van der Waals surface area contributed by atoms with Crippen LogP contribution in [0.5, 0.6) is 5.88 Å². The molecule has 26 heavy (non-hydrogen) atoms. The van der Waals surface area contributed by atoms with Gasteiger partial charge in [0.2, 0.25) is 5.88 Å². The topological polar surface area (TPSA) is 77.0 Å². The number of benzene rings is 1. The van der Waals surface area contributed by atoms with Crippen LogP contribution in [-0.4, -0.2) is 19.6 Å². The lowest BCUT2D eigenvalue weighted by Gasteiger charge is -2.10. The molecule has 0 bridgehead atoms. The quantitative estimate of drug-likeness (QED) is 0.572. The zero-order valence-corrected chi connectivity index (χ0v) is 14.1. The van der Waals surface area contributed by atoms with Gasteiger partial charge in [-0.15, -0.1) is 0 Å². The molecule has 0 radical (unpaired) electrons. The smallest absolute Gasteiger partial charge is 0.207 e. The Hall–Kier alpha value is -3.60. The first-order chi connectivity index (χ1) is 12.6. The second-order valence-corrected chi connectivity index (χ2v) is 6.48. The molecule has 5 heteroatoms. The molecule has 0 fully saturated rings. The Morgan fingerprint density at radius 1 is 1.15 bits per heavy atom. The maximum absolute atomic E-state index is 10.6. The highest BCUT2D eigenvalue weighted by Gasteiger charge is 2.19. The van der Waals surface area contributed by atoms with E-state index in [0.29, 0.717) is 16.6 Å². The average molecular weight is 340 g/mol. The molecule has 0 saturated heterocycles. The summed E-state index contributed by atoms with van der Waals surface area (Å²) in [7, 11) is 0. The molecule has 3 heterocycles. The number of hydrogen-bond donors (Lipinski definition) is 2. The van der Waals surface area contributed by atoms with Crippen LogP contribution < -0.4 is 5.73 Å². The van der Waals surface area contributed by atoms with Crippen molar-refractivity contribution in [3.8, 4) is 17.1 Å². The van der Waals surface area contributed by atoms with Crippen LogP contribution in [0.4, 0.5) is 5.69 Å². The van der Waals surface area contributed by atoms with Gasteiger partial charge in [-0.3, -0.25) is 9.55 Å². The lowest BCUT2D eigenvalue weighted by molar-refractivity contribution is 0.450. The Bertz CT molecular complexity index is 1250. The van der Waals surface area contributed by atoms with Crippen LogP contribution in [0.15, 0.2) is 61.0 Å². The number of aryl methyl sites for hydroxylation is 1. The first-order valence-corrected chi connectivity index (χ1v) is 8.37. The van der Waals surface area contributed by atoms with Crippen molar-refractivity contribution in [2.75, 3.05) is 5.73 Å². The number of nitrogens with zero attached hydrogens (tertiary/aromatic N) is 3. The molecule has 5 nitrogen and oxygen atoms in total. The van der Waals surface area contributed by atoms with Crippen LogP contribution in [0.2, 0.25) is 0 Å². The summed E-state index contributed by atoms with van der Waals surface area (Å²) in [4.78, 5) is 9.34. The highest BCUT2D eigenvalue weighted by Crippen LogP contribution is 2.40. The van der Waals surface area contributed by atoms with Gasteiger partial charge in [-0.05, 0) is 30.7 Å². The zero-order valence-electron chi connectivity index (χ0n) is 14.1. The summed E-state index contributed by atoms with van der Waals surface area (Å²) in [5.41, 5.74) is 12.2. The number of nitrogens with two attached hydrogens (primary N) is 1. The number of rotatable bonds is 2. The van der Waals surface area contributed by atoms with Gasteiger partial charge >= 0.3 is 0 Å². The Kier molecular flexibility index (Phi) is 2.94. The number of anilines is 1. The number of hydrogen-bond acceptors (Lipinski definition) is 4. The van der Waals surface area contributed by atoms with Gasteiger partial charge in [0.25, 0.3) is 0 Å². The summed E-state index contributed by atoms with van der Waals surface area (Å²) in [5.74, 6) is 0.112. The number of aromatic hydroxyl groups is 1. The minimum atomic E-state index is 0.112. The molecule has 5 rings (SSSR count). The van der Waals surface area contributed by atoms with E-state index in [1.54, 1.807) is 4.57 Å². The molecule has 1 aromatic carbocycles. The third-order valence-corrected chi connectivity index (χ3v) is 4.79. The summed E-state index contributed by atoms with van der Waals surface area (Å²) in [6, 6.07) is 9.87. The zero-order chi connectivity index (χ0) is 17.8. The van der Waals surface area contributed by atoms with Crippen LogP contribution in [0.1, 0.15) is 5.56 Å². The first kappa shape index (κ1) is 14.7. The average Bonchev–Trinajstić information content (AvgIpc) is 2.91. The molecule has 0 atom stereocenters. The summed E-state index contributed by atoms with van der Waals surface area (Å²) in [6.45, 7) is 2.01. The molecule has 0 amide bonds. The third kappa shape index (κ3) is 1.97. The molecule has 0 aliphatic heterocycles. The number of allylic oxidation sites excluding steroid dienone is 4. The molecule has 126 valence electrons. The van der Waals surface area contributed by atoms with Gasteiger partial charge in [0.1, 0.15) is 0 Å². The number of nitrogen functional groups attached to an aromatic ring is 1. The monoisotopic (exact) mass is 340 g/mol. The van der Waals surface area contributed by atoms with Gasteiger partial charge in [0.05, 0.1) is 27.8 Å². The number of pyridine rings is 2. The molecular weight excluding hydrogens is 324 g/mol. The normalized spacial score (nSPS) is 13.2. The van der Waals surface area contributed by atoms with E-state index in [2.05, 4.69) is 4.98 Å². The Morgan fingerprint density at radius 3 is 2.69 bits per heavy atom. The molecule has 3 N–H and O–H groups in total. The van der Waals surface area contributed by atoms with E-state index in [1.165, 1.54) is 0 Å². The predicted molar refractivity (Wildman–Crippen MR) is 105 cm³/mol. The first-order valence-electron chi connectivity index (χ1n) is 8.37. The van der Waals surface area contributed by atoms with Gasteiger partial charge in [0.15, 0.2) is 0 Å². The minimum absolute atomic E-state index is 0.112. The molecule has 1 aliphatic carbocycles. The molecule has 4 aromatic rings. The highest BCUT2D eigenvalue weighted by molar-refractivity contribution is 6.12. The standard InChI is InChI=1S/C21H16N4O/c1-12-8-9-16(23-10-12)14-6-3-7-15-19(22)18-17(24-20(14)15)11-25(21(18)26)13-4-2-5-13/h2-11,26H,22H2,1H3. The fourth-order valence-corrected chi connectivity index (χ4v) is 3.34. The largest absolute Gasteiger partial charge is 0.494 e. The van der Waals surface area contributed by atoms with Crippen molar-refractivity contribution in [3.05, 3.63) is 66.5 Å². The highest BCUT2D eigenvalue weighted by atomic mass is 16.3. The van der Waals surface area contributed by atoms with Crippen LogP contribution in [0, 0.1) is 6.92 Å². The van der Waals surface area contributed by atoms with Crippen molar-refractivity contribution in [2.45, 2.75) is 6.92 Å². The SMILES string of the molecule is Cc1ccc(-c2cccc3c(N)c4c(O)n(C5=CC=C5)cc4nc23)nc1. The van der Waals surface area contributed by atoms with E-state index >= 15 is 0 Å². The van der Waals surface area contributed by atoms with Crippen molar-refractivity contribution >= 4 is 33.2 Å². The van der Waals surface area contributed by atoms with Crippen LogP contribution in [0.3, 0.4) is 0 Å². The lowest BCUT2D eigenvalue weighted by atomic mass is 10.0. The van der Waals surface area contributed by atoms with Gasteiger partial charge < -0.3 is 10.8 Å². The fourth-order valence-electron chi connectivity index (χ4n) is 3.34. The summed E-state index contributed by atoms with van der Waals surface area (Å²) < 4.78 is 1.71. The molecule has 0 saturated carbocycles. The Balaban J connectivity index is 1.83. The molecule has 1 aliphatic rings. The van der Waals surface area contributed by atoms with Gasteiger partial charge in [0, 0.05) is 29.0 Å². The minimum Gasteiger partial charge on any atom is -0.494 e. The number of aromatic nitrogens is 3. The maximum atomic E-state index is 10.6. The van der Waals surface area contributed by atoms with E-state index in [9.17, 15) is 5.11 Å². The summed E-state index contributed by atoms with van der Waals surface area (Å²) in [5, 5.41) is 12.0. The summed E-state index contributed by atoms with van der Waals surface area (Å²) >= 11 is 0. The van der Waals surface area contributed by atoms with E-state index in [1.807, 2.05) is 67.9 Å². The van der Waals surface area contributed by atoms with Crippen molar-refractivity contribution in [1.82, 2.24) is 14.5 Å². The molecule has 3 aromatic heterocycles. The molecule has 0 unspecified atom stereocenters. The molecule has 0 spiro atoms. The van der Waals surface area contributed by atoms with Crippen LogP contribution in [-0.2, 0) is 0 Å². The van der Waals surface area contributed by atoms with Crippen molar-refractivity contribution < 1.29 is 5.11 Å². The fraction of sp³-hybridized carbons (Fsp3) is 0.0476. The van der Waals surface area contributed by atoms with Gasteiger partial charge in [-0.1, -0.05) is 30.3 Å². The van der Waals surface area contributed by atoms with Crippen molar-refractivity contribution in [1.29, 1.82) is 0 Å². The van der Waals surface area contributed by atoms with E-state index in [0.717, 1.165) is 33.4 Å². The maximum Gasteiger partial charge on any atom is 0.207 e. The Morgan fingerprint density at radius 2 is 2.00 bits per heavy atom. The lowest BCUT2D eigenvalue weighted by Crippen LogP contribution is -1.95. The van der Waals surface area contributed by atoms with E-state index < -0.39 is 0 Å². The second kappa shape index (κ2) is 5.20. The van der Waals surface area contributed by atoms with Gasteiger partial charge in [-0.25, -0.2) is 4.98 Å². The van der Waals surface area contributed by atoms with E-state index in [4.69, 9.17) is 10.7 Å². The van der Waals surface area contributed by atoms with Crippen molar-refractivity contribution in [3.63, 3.8) is 0 Å². The second-order valence-electron chi connectivity index (χ2n) is 6.48. The Labute approximate surface area is 149 Å². The van der Waals surface area contributed by atoms with Crippen molar-refractivity contribution in [2.24, 2.45) is 0 Å². The van der Waals surface area contributed by atoms with Gasteiger partial charge in [-0.2, -0.15) is 0 Å². The number of para-hydroxylation sites is 1. The third-order valence-electron chi connectivity index (χ3n) is 4.79.